The molecule has 0 unspecified atom stereocenters. The molecule has 0 aliphatic heterocycles. The molecule has 0 radical (unpaired) electrons. The van der Waals surface area contributed by atoms with E-state index in [2.05, 4.69) is 22.8 Å². The molecular weight excluding hydrogens is 437 g/mol. The van der Waals surface area contributed by atoms with E-state index < -0.39 is 23.7 Å². The van der Waals surface area contributed by atoms with E-state index >= 15 is 0 Å². The molecule has 1 aliphatic carbocycles. The van der Waals surface area contributed by atoms with Crippen molar-refractivity contribution in [3.05, 3.63) is 100 Å². The molecule has 3 nitrogen and oxygen atoms in total. The van der Waals surface area contributed by atoms with Crippen LogP contribution in [-0.2, 0) is 17.4 Å². The third-order valence-corrected chi connectivity index (χ3v) is 6.01. The van der Waals surface area contributed by atoms with Crippen molar-refractivity contribution in [3.63, 3.8) is 0 Å². The van der Waals surface area contributed by atoms with Crippen molar-refractivity contribution in [1.82, 2.24) is 5.32 Å². The second kappa shape index (κ2) is 9.35. The first-order chi connectivity index (χ1) is 15.3. The lowest BCUT2D eigenvalue weighted by Gasteiger charge is -2.30. The molecule has 0 aromatic heterocycles. The second-order valence-electron chi connectivity index (χ2n) is 7.84. The molecule has 4 rings (SSSR count). The summed E-state index contributed by atoms with van der Waals surface area (Å²) in [4.78, 5) is 13.3. The van der Waals surface area contributed by atoms with Gasteiger partial charge < -0.3 is 5.32 Å². The molecule has 0 saturated carbocycles. The maximum Gasteiger partial charge on any atom is 0.416 e. The number of halogens is 4. The molecule has 0 saturated heterocycles. The summed E-state index contributed by atoms with van der Waals surface area (Å²) in [5, 5.41) is 6.08. The van der Waals surface area contributed by atoms with Crippen LogP contribution < -0.4 is 10.6 Å². The number of anilines is 1. The molecule has 166 valence electrons. The summed E-state index contributed by atoms with van der Waals surface area (Å²) in [6.07, 6.45) is -1.71. The molecule has 1 aliphatic rings. The summed E-state index contributed by atoms with van der Waals surface area (Å²) in [7, 11) is 0. The van der Waals surface area contributed by atoms with Crippen LogP contribution in [-0.4, -0.2) is 5.91 Å². The average Bonchev–Trinajstić information content (AvgIpc) is 2.78. The minimum absolute atomic E-state index is 0.0428. The summed E-state index contributed by atoms with van der Waals surface area (Å²) in [5.74, 6) is -0.472. The van der Waals surface area contributed by atoms with Crippen LogP contribution >= 0.6 is 11.6 Å². The Morgan fingerprint density at radius 2 is 1.72 bits per heavy atom. The zero-order valence-electron chi connectivity index (χ0n) is 17.1. The topological polar surface area (TPSA) is 41.1 Å². The van der Waals surface area contributed by atoms with Crippen molar-refractivity contribution < 1.29 is 18.0 Å². The zero-order valence-corrected chi connectivity index (χ0v) is 17.9. The van der Waals surface area contributed by atoms with E-state index in [-0.39, 0.29) is 16.8 Å². The van der Waals surface area contributed by atoms with Crippen LogP contribution in [0.4, 0.5) is 18.9 Å². The number of hydrogen-bond donors (Lipinski definition) is 2. The van der Waals surface area contributed by atoms with Gasteiger partial charge in [0.2, 0.25) is 5.91 Å². The van der Waals surface area contributed by atoms with Crippen molar-refractivity contribution in [1.29, 1.82) is 0 Å². The van der Waals surface area contributed by atoms with Gasteiger partial charge in [-0.25, -0.2) is 0 Å². The highest BCUT2D eigenvalue weighted by molar-refractivity contribution is 6.33. The number of amides is 1. The number of benzene rings is 3. The number of aryl methyl sites for hydroxylation is 1. The molecule has 1 amide bonds. The quantitative estimate of drug-likeness (QED) is 0.446. The molecule has 0 heterocycles. The third kappa shape index (κ3) is 4.97. The van der Waals surface area contributed by atoms with Crippen molar-refractivity contribution in [2.75, 3.05) is 5.32 Å². The fourth-order valence-corrected chi connectivity index (χ4v) is 4.26. The lowest BCUT2D eigenvalue weighted by atomic mass is 9.87. The summed E-state index contributed by atoms with van der Waals surface area (Å²) in [6.45, 7) is 0. The van der Waals surface area contributed by atoms with Crippen molar-refractivity contribution in [2.24, 2.45) is 0 Å². The Kier molecular flexibility index (Phi) is 6.53. The van der Waals surface area contributed by atoms with Gasteiger partial charge in [-0.3, -0.25) is 10.1 Å². The van der Waals surface area contributed by atoms with Gasteiger partial charge >= 0.3 is 6.18 Å². The number of carbonyl (C=O) groups excluding carboxylic acids is 1. The van der Waals surface area contributed by atoms with E-state index in [0.29, 0.717) is 0 Å². The first kappa shape index (κ1) is 22.4. The Labute approximate surface area is 189 Å². The van der Waals surface area contributed by atoms with Crippen LogP contribution in [0, 0.1) is 0 Å². The predicted molar refractivity (Wildman–Crippen MR) is 120 cm³/mol. The number of nitrogens with one attached hydrogen (secondary N) is 2. The first-order valence-electron chi connectivity index (χ1n) is 10.4. The van der Waals surface area contributed by atoms with Gasteiger partial charge in [-0.05, 0) is 54.2 Å². The standard InChI is InChI=1S/C25H22ClF3N2O/c26-20-14-13-18(25(27,28)29)15-22(20)31-24(32)23(17-8-2-1-3-9-17)30-21-12-6-10-16-7-4-5-11-19(16)21/h1-5,7-9,11,13-15,21,23,30H,6,10,12H2,(H,31,32)/t21-,23+/m1/s1. The number of fused-ring (bicyclic) bond motifs is 1. The third-order valence-electron chi connectivity index (χ3n) is 5.68. The van der Waals surface area contributed by atoms with Crippen molar-refractivity contribution in [2.45, 2.75) is 37.5 Å². The van der Waals surface area contributed by atoms with E-state index in [9.17, 15) is 18.0 Å². The Morgan fingerprint density at radius 1 is 1.00 bits per heavy atom. The van der Waals surface area contributed by atoms with Crippen LogP contribution in [0.3, 0.4) is 0 Å². The Bertz CT molecular complexity index is 1100. The maximum absolute atomic E-state index is 13.3. The van der Waals surface area contributed by atoms with Gasteiger partial charge in [-0.1, -0.05) is 66.2 Å². The molecule has 3 aromatic carbocycles. The molecule has 0 fully saturated rings. The van der Waals surface area contributed by atoms with Gasteiger partial charge in [0, 0.05) is 6.04 Å². The van der Waals surface area contributed by atoms with Gasteiger partial charge in [0.05, 0.1) is 16.3 Å². The minimum Gasteiger partial charge on any atom is -0.323 e. The largest absolute Gasteiger partial charge is 0.416 e. The van der Waals surface area contributed by atoms with E-state index in [1.165, 1.54) is 5.56 Å². The Balaban J connectivity index is 1.63. The highest BCUT2D eigenvalue weighted by atomic mass is 35.5. The number of carbonyl (C=O) groups is 1. The molecule has 0 spiro atoms. The normalized spacial score (nSPS) is 16.8. The van der Waals surface area contributed by atoms with Gasteiger partial charge in [0.15, 0.2) is 0 Å². The van der Waals surface area contributed by atoms with E-state index in [4.69, 9.17) is 11.6 Å². The van der Waals surface area contributed by atoms with Crippen LogP contribution in [0.5, 0.6) is 0 Å². The SMILES string of the molecule is O=C(Nc1cc(C(F)(F)F)ccc1Cl)[C@@H](N[C@@H]1CCCc2ccccc21)c1ccccc1. The molecule has 3 aromatic rings. The lowest BCUT2D eigenvalue weighted by molar-refractivity contribution is -0.137. The minimum atomic E-state index is -4.53. The van der Waals surface area contributed by atoms with E-state index in [1.54, 1.807) is 0 Å². The summed E-state index contributed by atoms with van der Waals surface area (Å²) in [6, 6.07) is 19.3. The van der Waals surface area contributed by atoms with Crippen LogP contribution in [0.15, 0.2) is 72.8 Å². The van der Waals surface area contributed by atoms with Gasteiger partial charge in [0.25, 0.3) is 0 Å². The number of rotatable bonds is 5. The first-order valence-corrected chi connectivity index (χ1v) is 10.8. The van der Waals surface area contributed by atoms with Crippen molar-refractivity contribution in [3.8, 4) is 0 Å². The number of alkyl halides is 3. The summed E-state index contributed by atoms with van der Waals surface area (Å²) >= 11 is 6.10. The monoisotopic (exact) mass is 458 g/mol. The van der Waals surface area contributed by atoms with Crippen LogP contribution in [0.1, 0.15) is 47.2 Å². The smallest absolute Gasteiger partial charge is 0.323 e. The molecule has 2 N–H and O–H groups in total. The summed E-state index contributed by atoms with van der Waals surface area (Å²) in [5.41, 5.74) is 2.16. The molecule has 2 atom stereocenters. The molecule has 0 bridgehead atoms. The van der Waals surface area contributed by atoms with Crippen LogP contribution in [0.25, 0.3) is 0 Å². The van der Waals surface area contributed by atoms with Gasteiger partial charge in [0.1, 0.15) is 6.04 Å². The summed E-state index contributed by atoms with van der Waals surface area (Å²) < 4.78 is 39.4. The van der Waals surface area contributed by atoms with Gasteiger partial charge in [-0.15, -0.1) is 0 Å². The lowest BCUT2D eigenvalue weighted by Crippen LogP contribution is -2.37. The predicted octanol–water partition coefficient (Wildman–Crippen LogP) is 6.71. The highest BCUT2D eigenvalue weighted by Gasteiger charge is 2.32. The molecular formula is C25H22ClF3N2O. The van der Waals surface area contributed by atoms with E-state index in [0.717, 1.165) is 48.6 Å². The Hall–Kier alpha value is -2.83. The van der Waals surface area contributed by atoms with Crippen molar-refractivity contribution >= 4 is 23.2 Å². The van der Waals surface area contributed by atoms with Gasteiger partial charge in [-0.2, -0.15) is 13.2 Å². The fourth-order valence-electron chi connectivity index (χ4n) is 4.10. The second-order valence-corrected chi connectivity index (χ2v) is 8.24. The highest BCUT2D eigenvalue weighted by Crippen LogP contribution is 2.35. The van der Waals surface area contributed by atoms with Crippen LogP contribution in [0.2, 0.25) is 5.02 Å². The number of hydrogen-bond acceptors (Lipinski definition) is 2. The van der Waals surface area contributed by atoms with E-state index in [1.807, 2.05) is 42.5 Å². The molecule has 32 heavy (non-hydrogen) atoms. The zero-order chi connectivity index (χ0) is 22.7. The molecule has 7 heteroatoms. The Morgan fingerprint density at radius 3 is 2.47 bits per heavy atom. The maximum atomic E-state index is 13.3. The average molecular weight is 459 g/mol. The fraction of sp³-hybridized carbons (Fsp3) is 0.240.